The van der Waals surface area contributed by atoms with Crippen molar-refractivity contribution in [1.29, 1.82) is 0 Å². The Balaban J connectivity index is 2.46. The van der Waals surface area contributed by atoms with Crippen molar-refractivity contribution < 1.29 is 0 Å². The molecule has 2 rings (SSSR count). The Bertz CT molecular complexity index is 286. The molecule has 0 nitrogen and oxygen atoms in total. The van der Waals surface area contributed by atoms with Gasteiger partial charge in [0.1, 0.15) is 0 Å². The van der Waals surface area contributed by atoms with Crippen LogP contribution in [0.15, 0.2) is 18.2 Å². The molecule has 0 saturated carbocycles. The third-order valence-electron chi connectivity index (χ3n) is 3.12. The van der Waals surface area contributed by atoms with Crippen LogP contribution in [0.2, 0.25) is 0 Å². The molecule has 0 fully saturated rings. The zero-order chi connectivity index (χ0) is 8.55. The van der Waals surface area contributed by atoms with E-state index in [0.717, 1.165) is 5.92 Å². The zero-order valence-electron chi connectivity index (χ0n) is 7.93. The molecule has 0 N–H and O–H groups in total. The molecule has 64 valence electrons. The molecule has 0 radical (unpaired) electrons. The summed E-state index contributed by atoms with van der Waals surface area (Å²) in [5.74, 6) is 0.847. The summed E-state index contributed by atoms with van der Waals surface area (Å²) in [7, 11) is 0. The van der Waals surface area contributed by atoms with E-state index in [1.54, 1.807) is 11.1 Å². The molecule has 0 bridgehead atoms. The molecule has 0 saturated heterocycles. The van der Waals surface area contributed by atoms with Gasteiger partial charge >= 0.3 is 0 Å². The minimum absolute atomic E-state index is 0.847. The van der Waals surface area contributed by atoms with Crippen LogP contribution in [-0.4, -0.2) is 0 Å². The zero-order valence-corrected chi connectivity index (χ0v) is 7.93. The average molecular weight is 160 g/mol. The van der Waals surface area contributed by atoms with Crippen LogP contribution in [0.4, 0.5) is 0 Å². The van der Waals surface area contributed by atoms with Gasteiger partial charge in [0.15, 0.2) is 0 Å². The smallest absolute Gasteiger partial charge is 0.0159 e. The number of fused-ring (bicyclic) bond motifs is 1. The summed E-state index contributed by atoms with van der Waals surface area (Å²) in [6.45, 7) is 4.53. The third kappa shape index (κ3) is 1.06. The standard InChI is InChI=1S/C12H16/c1-3-10-7-8-11-9(2)5-4-6-12(10)11/h4-6,10H,3,7-8H2,1-2H3/t10-/m1/s1. The average Bonchev–Trinajstić information content (AvgIpc) is 2.49. The van der Waals surface area contributed by atoms with Crippen LogP contribution < -0.4 is 0 Å². The molecule has 1 atom stereocenters. The molecule has 12 heavy (non-hydrogen) atoms. The Labute approximate surface area is 74.6 Å². The number of hydrogen-bond acceptors (Lipinski definition) is 0. The van der Waals surface area contributed by atoms with Gasteiger partial charge in [-0.1, -0.05) is 25.1 Å². The predicted octanol–water partition coefficient (Wildman–Crippen LogP) is 3.43. The molecule has 0 aromatic heterocycles. The Kier molecular flexibility index (Phi) is 1.92. The summed E-state index contributed by atoms with van der Waals surface area (Å²) in [5.41, 5.74) is 4.74. The Morgan fingerprint density at radius 1 is 1.42 bits per heavy atom. The first kappa shape index (κ1) is 7.85. The molecule has 1 aliphatic carbocycles. The molecular weight excluding hydrogens is 144 g/mol. The molecule has 1 aromatic rings. The SMILES string of the molecule is CC[C@@H]1CCc2c(C)cccc21. The highest BCUT2D eigenvalue weighted by Gasteiger charge is 2.21. The maximum absolute atomic E-state index is 2.31. The van der Waals surface area contributed by atoms with Gasteiger partial charge in [-0.05, 0) is 48.8 Å². The topological polar surface area (TPSA) is 0 Å². The first-order valence-electron chi connectivity index (χ1n) is 4.91. The Morgan fingerprint density at radius 2 is 2.25 bits per heavy atom. The van der Waals surface area contributed by atoms with E-state index in [4.69, 9.17) is 0 Å². The minimum atomic E-state index is 0.847. The van der Waals surface area contributed by atoms with Gasteiger partial charge in [0, 0.05) is 0 Å². The summed E-state index contributed by atoms with van der Waals surface area (Å²) < 4.78 is 0. The van der Waals surface area contributed by atoms with E-state index >= 15 is 0 Å². The second kappa shape index (κ2) is 2.93. The lowest BCUT2D eigenvalue weighted by Gasteiger charge is -2.08. The van der Waals surface area contributed by atoms with Crippen LogP contribution in [0.1, 0.15) is 42.4 Å². The molecule has 0 heterocycles. The highest BCUT2D eigenvalue weighted by Crippen LogP contribution is 2.36. The fraction of sp³-hybridized carbons (Fsp3) is 0.500. The summed E-state index contributed by atoms with van der Waals surface area (Å²) >= 11 is 0. The second-order valence-electron chi connectivity index (χ2n) is 3.79. The molecule has 1 aromatic carbocycles. The van der Waals surface area contributed by atoms with E-state index in [2.05, 4.69) is 32.0 Å². The van der Waals surface area contributed by atoms with E-state index in [1.807, 2.05) is 0 Å². The minimum Gasteiger partial charge on any atom is -0.0648 e. The maximum Gasteiger partial charge on any atom is -0.0159 e. The fourth-order valence-electron chi connectivity index (χ4n) is 2.35. The van der Waals surface area contributed by atoms with E-state index < -0.39 is 0 Å². The molecular formula is C12H16. The van der Waals surface area contributed by atoms with Crippen LogP contribution >= 0.6 is 0 Å². The maximum atomic E-state index is 2.31. The van der Waals surface area contributed by atoms with E-state index in [-0.39, 0.29) is 0 Å². The summed E-state index contributed by atoms with van der Waals surface area (Å²) in [6.07, 6.45) is 3.98. The van der Waals surface area contributed by atoms with Crippen molar-refractivity contribution in [1.82, 2.24) is 0 Å². The first-order valence-corrected chi connectivity index (χ1v) is 4.91. The fourth-order valence-corrected chi connectivity index (χ4v) is 2.35. The summed E-state index contributed by atoms with van der Waals surface area (Å²) in [4.78, 5) is 0. The van der Waals surface area contributed by atoms with Crippen molar-refractivity contribution in [2.45, 2.75) is 39.0 Å². The van der Waals surface area contributed by atoms with Crippen LogP contribution in [0, 0.1) is 6.92 Å². The van der Waals surface area contributed by atoms with Crippen molar-refractivity contribution in [3.8, 4) is 0 Å². The lowest BCUT2D eigenvalue weighted by molar-refractivity contribution is 0.656. The van der Waals surface area contributed by atoms with Crippen LogP contribution in [0.5, 0.6) is 0 Å². The highest BCUT2D eigenvalue weighted by atomic mass is 14.3. The van der Waals surface area contributed by atoms with Gasteiger partial charge in [-0.2, -0.15) is 0 Å². The molecule has 0 heteroatoms. The third-order valence-corrected chi connectivity index (χ3v) is 3.12. The van der Waals surface area contributed by atoms with Crippen molar-refractivity contribution in [3.63, 3.8) is 0 Å². The summed E-state index contributed by atoms with van der Waals surface area (Å²) in [6, 6.07) is 6.74. The van der Waals surface area contributed by atoms with Crippen LogP contribution in [0.3, 0.4) is 0 Å². The van der Waals surface area contributed by atoms with Crippen molar-refractivity contribution in [2.75, 3.05) is 0 Å². The van der Waals surface area contributed by atoms with Crippen LogP contribution in [0.25, 0.3) is 0 Å². The molecule has 0 spiro atoms. The second-order valence-corrected chi connectivity index (χ2v) is 3.79. The lowest BCUT2D eigenvalue weighted by Crippen LogP contribution is -1.90. The van der Waals surface area contributed by atoms with Gasteiger partial charge in [0.25, 0.3) is 0 Å². The number of aryl methyl sites for hydroxylation is 1. The lowest BCUT2D eigenvalue weighted by atomic mass is 9.97. The van der Waals surface area contributed by atoms with Gasteiger partial charge in [-0.25, -0.2) is 0 Å². The van der Waals surface area contributed by atoms with Crippen molar-refractivity contribution >= 4 is 0 Å². The number of benzene rings is 1. The van der Waals surface area contributed by atoms with Gasteiger partial charge in [-0.15, -0.1) is 0 Å². The van der Waals surface area contributed by atoms with Crippen molar-refractivity contribution in [2.24, 2.45) is 0 Å². The largest absolute Gasteiger partial charge is 0.0648 e. The normalized spacial score (nSPS) is 21.0. The Hall–Kier alpha value is -0.780. The summed E-state index contributed by atoms with van der Waals surface area (Å²) in [5, 5.41) is 0. The van der Waals surface area contributed by atoms with Gasteiger partial charge in [0.05, 0.1) is 0 Å². The molecule has 0 amide bonds. The monoisotopic (exact) mass is 160 g/mol. The quantitative estimate of drug-likeness (QED) is 0.590. The van der Waals surface area contributed by atoms with Gasteiger partial charge in [0.2, 0.25) is 0 Å². The molecule has 0 unspecified atom stereocenters. The molecule has 0 aliphatic heterocycles. The van der Waals surface area contributed by atoms with Crippen LogP contribution in [-0.2, 0) is 6.42 Å². The van der Waals surface area contributed by atoms with E-state index in [0.29, 0.717) is 0 Å². The van der Waals surface area contributed by atoms with E-state index in [1.165, 1.54) is 24.8 Å². The van der Waals surface area contributed by atoms with Gasteiger partial charge in [-0.3, -0.25) is 0 Å². The van der Waals surface area contributed by atoms with E-state index in [9.17, 15) is 0 Å². The van der Waals surface area contributed by atoms with Gasteiger partial charge < -0.3 is 0 Å². The molecule has 1 aliphatic rings. The number of hydrogen-bond donors (Lipinski definition) is 0. The highest BCUT2D eigenvalue weighted by molar-refractivity contribution is 5.40. The first-order chi connectivity index (χ1) is 5.83. The van der Waals surface area contributed by atoms with Crippen molar-refractivity contribution in [3.05, 3.63) is 34.9 Å². The number of rotatable bonds is 1. The Morgan fingerprint density at radius 3 is 3.00 bits per heavy atom. The predicted molar refractivity (Wildman–Crippen MR) is 52.5 cm³/mol.